The highest BCUT2D eigenvalue weighted by molar-refractivity contribution is 5.95. The summed E-state index contributed by atoms with van der Waals surface area (Å²) in [6, 6.07) is 14.9. The molecule has 8 nitrogen and oxygen atoms in total. The number of rotatable bonds is 6. The Kier molecular flexibility index (Phi) is 5.70. The molecule has 156 valence electrons. The smallest absolute Gasteiger partial charge is 0.264 e. The van der Waals surface area contributed by atoms with E-state index in [1.165, 1.54) is 11.0 Å². The van der Waals surface area contributed by atoms with Gasteiger partial charge in [-0.05, 0) is 37.1 Å². The van der Waals surface area contributed by atoms with E-state index in [1.54, 1.807) is 42.3 Å². The summed E-state index contributed by atoms with van der Waals surface area (Å²) in [7, 11) is 0. The second kappa shape index (κ2) is 8.74. The Hall–Kier alpha value is -4.07. The van der Waals surface area contributed by atoms with Crippen LogP contribution in [0.15, 0.2) is 78.4 Å². The number of nitrogens with zero attached hydrogens (tertiary/aromatic N) is 5. The zero-order valence-corrected chi connectivity index (χ0v) is 17.3. The molecule has 4 aromatic rings. The molecule has 4 rings (SSSR count). The molecule has 1 N–H and O–H groups in total. The molecule has 3 aromatic heterocycles. The van der Waals surface area contributed by atoms with Gasteiger partial charge in [-0.15, -0.1) is 0 Å². The van der Waals surface area contributed by atoms with Crippen molar-refractivity contribution in [2.75, 3.05) is 0 Å². The van der Waals surface area contributed by atoms with Crippen molar-refractivity contribution in [3.05, 3.63) is 106 Å². The van der Waals surface area contributed by atoms with E-state index in [2.05, 4.69) is 20.4 Å². The van der Waals surface area contributed by atoms with E-state index >= 15 is 0 Å². The third-order valence-electron chi connectivity index (χ3n) is 5.20. The van der Waals surface area contributed by atoms with Crippen molar-refractivity contribution in [1.82, 2.24) is 29.6 Å². The molecule has 31 heavy (non-hydrogen) atoms. The van der Waals surface area contributed by atoms with Gasteiger partial charge in [0.15, 0.2) is 5.82 Å². The molecule has 0 aliphatic carbocycles. The van der Waals surface area contributed by atoms with E-state index < -0.39 is 5.91 Å². The van der Waals surface area contributed by atoms with Crippen LogP contribution in [0.2, 0.25) is 0 Å². The van der Waals surface area contributed by atoms with Crippen molar-refractivity contribution in [2.24, 2.45) is 0 Å². The lowest BCUT2D eigenvalue weighted by Crippen LogP contribution is -2.35. The maximum atomic E-state index is 13.2. The summed E-state index contributed by atoms with van der Waals surface area (Å²) in [6.07, 6.45) is 6.34. The van der Waals surface area contributed by atoms with Gasteiger partial charge >= 0.3 is 0 Å². The standard InChI is InChI=1S/C23H22N6O2/c1-16-10-12-28(17(2)18-7-4-3-5-8-18)23(31)20(16)22(30)26-13-19-9-6-11-25-21(19)29-15-24-14-27-29/h3-12,14-15,17H,13H2,1-2H3,(H,26,30). The largest absolute Gasteiger partial charge is 0.348 e. The minimum Gasteiger partial charge on any atom is -0.348 e. The average Bonchev–Trinajstić information content (AvgIpc) is 3.33. The number of carbonyl (C=O) groups excluding carboxylic acids is 1. The monoisotopic (exact) mass is 414 g/mol. The van der Waals surface area contributed by atoms with Crippen LogP contribution in [-0.2, 0) is 6.54 Å². The fourth-order valence-corrected chi connectivity index (χ4v) is 3.47. The predicted octanol–water partition coefficient (Wildman–Crippen LogP) is 2.67. The topological polar surface area (TPSA) is 94.7 Å². The van der Waals surface area contributed by atoms with Crippen molar-refractivity contribution < 1.29 is 4.79 Å². The van der Waals surface area contributed by atoms with Crippen LogP contribution in [0, 0.1) is 6.92 Å². The van der Waals surface area contributed by atoms with Gasteiger partial charge in [-0.1, -0.05) is 36.4 Å². The summed E-state index contributed by atoms with van der Waals surface area (Å²) in [5.41, 5.74) is 2.19. The van der Waals surface area contributed by atoms with Crippen LogP contribution in [0.25, 0.3) is 5.82 Å². The van der Waals surface area contributed by atoms with E-state index in [9.17, 15) is 9.59 Å². The number of aryl methyl sites for hydroxylation is 1. The van der Waals surface area contributed by atoms with Gasteiger partial charge in [0.05, 0.1) is 6.04 Å². The zero-order chi connectivity index (χ0) is 21.8. The molecule has 0 aliphatic heterocycles. The first-order chi connectivity index (χ1) is 15.1. The third-order valence-corrected chi connectivity index (χ3v) is 5.20. The SMILES string of the molecule is Cc1ccn(C(C)c2ccccc2)c(=O)c1C(=O)NCc1cccnc1-n1cncn1. The molecule has 1 unspecified atom stereocenters. The molecule has 0 saturated heterocycles. The number of hydrogen-bond donors (Lipinski definition) is 1. The van der Waals surface area contributed by atoms with Gasteiger partial charge in [0, 0.05) is 24.5 Å². The quantitative estimate of drug-likeness (QED) is 0.523. The molecule has 0 aliphatic rings. The normalized spacial score (nSPS) is 11.8. The van der Waals surface area contributed by atoms with E-state index in [0.29, 0.717) is 11.4 Å². The zero-order valence-electron chi connectivity index (χ0n) is 17.3. The lowest BCUT2D eigenvalue weighted by atomic mass is 10.1. The molecule has 0 spiro atoms. The first-order valence-corrected chi connectivity index (χ1v) is 9.90. The summed E-state index contributed by atoms with van der Waals surface area (Å²) in [6.45, 7) is 3.90. The Labute approximate surface area is 179 Å². The van der Waals surface area contributed by atoms with Crippen LogP contribution in [-0.4, -0.2) is 30.2 Å². The fraction of sp³-hybridized carbons (Fsp3) is 0.174. The molecule has 1 amide bonds. The number of amides is 1. The molecule has 0 fully saturated rings. The average molecular weight is 414 g/mol. The molecule has 0 saturated carbocycles. The van der Waals surface area contributed by atoms with Crippen LogP contribution in [0.4, 0.5) is 0 Å². The van der Waals surface area contributed by atoms with E-state index in [1.807, 2.05) is 43.3 Å². The Morgan fingerprint density at radius 1 is 1.13 bits per heavy atom. The Balaban J connectivity index is 1.60. The minimum atomic E-state index is -0.425. The summed E-state index contributed by atoms with van der Waals surface area (Å²) in [5, 5.41) is 6.95. The van der Waals surface area contributed by atoms with E-state index in [0.717, 1.165) is 11.1 Å². The highest BCUT2D eigenvalue weighted by atomic mass is 16.2. The second-order valence-corrected chi connectivity index (χ2v) is 7.18. The molecule has 1 aromatic carbocycles. The molecule has 1 atom stereocenters. The Morgan fingerprint density at radius 3 is 2.68 bits per heavy atom. The molecule has 0 bridgehead atoms. The van der Waals surface area contributed by atoms with Gasteiger partial charge in [-0.3, -0.25) is 9.59 Å². The van der Waals surface area contributed by atoms with Gasteiger partial charge in [0.25, 0.3) is 11.5 Å². The van der Waals surface area contributed by atoms with Gasteiger partial charge < -0.3 is 9.88 Å². The number of hydrogen-bond acceptors (Lipinski definition) is 5. The lowest BCUT2D eigenvalue weighted by Gasteiger charge is -2.18. The van der Waals surface area contributed by atoms with Gasteiger partial charge in [-0.25, -0.2) is 14.6 Å². The van der Waals surface area contributed by atoms with Gasteiger partial charge in [-0.2, -0.15) is 5.10 Å². The summed E-state index contributed by atoms with van der Waals surface area (Å²) in [5.74, 6) is 0.144. The van der Waals surface area contributed by atoms with Crippen molar-refractivity contribution in [3.8, 4) is 5.82 Å². The minimum absolute atomic E-state index is 0.136. The molecule has 8 heteroatoms. The van der Waals surface area contributed by atoms with E-state index in [-0.39, 0.29) is 23.7 Å². The van der Waals surface area contributed by atoms with Crippen molar-refractivity contribution >= 4 is 5.91 Å². The summed E-state index contributed by atoms with van der Waals surface area (Å²) < 4.78 is 3.12. The first kappa shape index (κ1) is 20.2. The predicted molar refractivity (Wildman–Crippen MR) is 116 cm³/mol. The van der Waals surface area contributed by atoms with Crippen molar-refractivity contribution in [3.63, 3.8) is 0 Å². The molecular weight excluding hydrogens is 392 g/mol. The maximum Gasteiger partial charge on any atom is 0.264 e. The van der Waals surface area contributed by atoms with Crippen LogP contribution >= 0.6 is 0 Å². The van der Waals surface area contributed by atoms with Gasteiger partial charge in [0.1, 0.15) is 18.2 Å². The number of benzene rings is 1. The summed E-state index contributed by atoms with van der Waals surface area (Å²) >= 11 is 0. The van der Waals surface area contributed by atoms with Crippen LogP contribution in [0.1, 0.15) is 40.0 Å². The molecule has 3 heterocycles. The van der Waals surface area contributed by atoms with Crippen molar-refractivity contribution in [2.45, 2.75) is 26.4 Å². The van der Waals surface area contributed by atoms with E-state index in [4.69, 9.17) is 0 Å². The number of carbonyl (C=O) groups is 1. The van der Waals surface area contributed by atoms with Crippen molar-refractivity contribution in [1.29, 1.82) is 0 Å². The van der Waals surface area contributed by atoms with Crippen LogP contribution in [0.5, 0.6) is 0 Å². The molecule has 0 radical (unpaired) electrons. The lowest BCUT2D eigenvalue weighted by molar-refractivity contribution is 0.0948. The molecular formula is C23H22N6O2. The highest BCUT2D eigenvalue weighted by Crippen LogP contribution is 2.17. The maximum absolute atomic E-state index is 13.2. The number of aromatic nitrogens is 5. The number of nitrogens with one attached hydrogen (secondary N) is 1. The second-order valence-electron chi connectivity index (χ2n) is 7.18. The fourth-order valence-electron chi connectivity index (χ4n) is 3.47. The van der Waals surface area contributed by atoms with Crippen LogP contribution in [0.3, 0.4) is 0 Å². The summed E-state index contributed by atoms with van der Waals surface area (Å²) in [4.78, 5) is 34.4. The highest BCUT2D eigenvalue weighted by Gasteiger charge is 2.19. The van der Waals surface area contributed by atoms with Gasteiger partial charge in [0.2, 0.25) is 0 Å². The Morgan fingerprint density at radius 2 is 1.94 bits per heavy atom. The third kappa shape index (κ3) is 4.13. The Bertz CT molecular complexity index is 1250. The van der Waals surface area contributed by atoms with Crippen LogP contribution < -0.4 is 10.9 Å². The first-order valence-electron chi connectivity index (χ1n) is 9.90. The number of pyridine rings is 2.